The van der Waals surface area contributed by atoms with Crippen LogP contribution >= 0.6 is 11.6 Å². The summed E-state index contributed by atoms with van der Waals surface area (Å²) in [7, 11) is 0. The molecule has 0 aliphatic rings. The number of rotatable bonds is 8. The molecule has 9 heteroatoms. The maximum absolute atomic E-state index is 13.1. The summed E-state index contributed by atoms with van der Waals surface area (Å²) in [5.41, 5.74) is 1.43. The zero-order chi connectivity index (χ0) is 23.4. The van der Waals surface area contributed by atoms with Crippen molar-refractivity contribution in [3.05, 3.63) is 100 Å². The summed E-state index contributed by atoms with van der Waals surface area (Å²) >= 11 is 6.19. The first-order valence-electron chi connectivity index (χ1n) is 9.98. The summed E-state index contributed by atoms with van der Waals surface area (Å²) in [6, 6.07) is 15.9. The van der Waals surface area contributed by atoms with Crippen molar-refractivity contribution in [3.63, 3.8) is 0 Å². The highest BCUT2D eigenvalue weighted by Gasteiger charge is 2.16. The molecule has 1 N–H and O–H groups in total. The predicted molar refractivity (Wildman–Crippen MR) is 120 cm³/mol. The van der Waals surface area contributed by atoms with Gasteiger partial charge >= 0.3 is 0 Å². The third-order valence-electron chi connectivity index (χ3n) is 4.73. The second kappa shape index (κ2) is 9.70. The maximum atomic E-state index is 13.1. The van der Waals surface area contributed by atoms with Crippen LogP contribution in [-0.4, -0.2) is 21.5 Å². The van der Waals surface area contributed by atoms with Crippen LogP contribution in [0.1, 0.15) is 39.2 Å². The minimum atomic E-state index is -0.513. The number of hydrogen-bond donors (Lipinski definition) is 1. The molecule has 168 valence electrons. The van der Waals surface area contributed by atoms with Gasteiger partial charge in [0.25, 0.3) is 5.91 Å². The lowest BCUT2D eigenvalue weighted by molar-refractivity contribution is 0.0990. The van der Waals surface area contributed by atoms with E-state index in [0.29, 0.717) is 23.6 Å². The van der Waals surface area contributed by atoms with Gasteiger partial charge in [-0.1, -0.05) is 23.7 Å². The molecular formula is C24H19ClFN3O4. The summed E-state index contributed by atoms with van der Waals surface area (Å²) in [6.07, 6.45) is 1.57. The van der Waals surface area contributed by atoms with E-state index in [9.17, 15) is 14.0 Å². The van der Waals surface area contributed by atoms with Gasteiger partial charge < -0.3 is 14.5 Å². The van der Waals surface area contributed by atoms with Crippen LogP contribution in [0.25, 0.3) is 0 Å². The Morgan fingerprint density at radius 3 is 2.52 bits per heavy atom. The fourth-order valence-electron chi connectivity index (χ4n) is 3.03. The molecule has 0 saturated carbocycles. The summed E-state index contributed by atoms with van der Waals surface area (Å²) in [5.74, 6) is 0.418. The van der Waals surface area contributed by atoms with Gasteiger partial charge in [-0.05, 0) is 61.0 Å². The molecule has 0 radical (unpaired) electrons. The molecule has 0 aliphatic carbocycles. The van der Waals surface area contributed by atoms with Crippen LogP contribution in [0.5, 0.6) is 5.75 Å². The SMILES string of the molecule is CC(=O)c1ccc(OCc2ccc(C(=O)Nc3nn(Cc4ccc(F)cc4)cc3Cl)o2)cc1. The van der Waals surface area contributed by atoms with Crippen molar-refractivity contribution in [2.75, 3.05) is 5.32 Å². The number of amides is 1. The summed E-state index contributed by atoms with van der Waals surface area (Å²) in [6.45, 7) is 1.97. The van der Waals surface area contributed by atoms with Crippen LogP contribution in [0, 0.1) is 5.82 Å². The number of Topliss-reactive ketones (excluding diaryl/α,β-unsaturated/α-hetero) is 1. The standard InChI is InChI=1S/C24H19ClFN3O4/c1-15(30)17-4-8-19(9-5-17)32-14-20-10-11-22(33-20)24(31)27-23-21(25)13-29(28-23)12-16-2-6-18(26)7-3-16/h2-11,13H,12,14H2,1H3,(H,27,28,31). The molecule has 4 rings (SSSR count). The van der Waals surface area contributed by atoms with E-state index < -0.39 is 5.91 Å². The van der Waals surface area contributed by atoms with E-state index in [1.54, 1.807) is 53.3 Å². The second-order valence-corrected chi connectivity index (χ2v) is 7.65. The van der Waals surface area contributed by atoms with Gasteiger partial charge in [-0.15, -0.1) is 0 Å². The summed E-state index contributed by atoms with van der Waals surface area (Å²) < 4.78 is 25.8. The maximum Gasteiger partial charge on any atom is 0.292 e. The van der Waals surface area contributed by atoms with Crippen molar-refractivity contribution in [2.45, 2.75) is 20.1 Å². The minimum absolute atomic E-state index is 0.0244. The van der Waals surface area contributed by atoms with Crippen molar-refractivity contribution < 1.29 is 23.1 Å². The van der Waals surface area contributed by atoms with Crippen molar-refractivity contribution in [3.8, 4) is 5.75 Å². The Hall–Kier alpha value is -3.91. The molecule has 2 aromatic heterocycles. The van der Waals surface area contributed by atoms with Gasteiger partial charge in [0.05, 0.1) is 6.54 Å². The Morgan fingerprint density at radius 2 is 1.82 bits per heavy atom. The molecule has 33 heavy (non-hydrogen) atoms. The lowest BCUT2D eigenvalue weighted by Gasteiger charge is -2.05. The van der Waals surface area contributed by atoms with Gasteiger partial charge in [0.2, 0.25) is 0 Å². The van der Waals surface area contributed by atoms with Crippen LogP contribution in [0.3, 0.4) is 0 Å². The molecular weight excluding hydrogens is 449 g/mol. The molecule has 2 heterocycles. The van der Waals surface area contributed by atoms with Gasteiger partial charge in [0.15, 0.2) is 17.4 Å². The molecule has 0 spiro atoms. The Morgan fingerprint density at radius 1 is 1.09 bits per heavy atom. The van der Waals surface area contributed by atoms with Crippen LogP contribution in [0.15, 0.2) is 71.3 Å². The number of anilines is 1. The summed E-state index contributed by atoms with van der Waals surface area (Å²) in [5, 5.41) is 7.14. The number of nitrogens with one attached hydrogen (secondary N) is 1. The van der Waals surface area contributed by atoms with Gasteiger partial charge in [0.1, 0.15) is 29.0 Å². The van der Waals surface area contributed by atoms with Gasteiger partial charge in [-0.25, -0.2) is 4.39 Å². The molecule has 4 aromatic rings. The number of carbonyl (C=O) groups excluding carboxylic acids is 2. The third-order valence-corrected chi connectivity index (χ3v) is 5.01. The van der Waals surface area contributed by atoms with Gasteiger partial charge in [-0.3, -0.25) is 14.3 Å². The second-order valence-electron chi connectivity index (χ2n) is 7.24. The molecule has 0 aliphatic heterocycles. The van der Waals surface area contributed by atoms with Crippen molar-refractivity contribution in [2.24, 2.45) is 0 Å². The highest BCUT2D eigenvalue weighted by atomic mass is 35.5. The van der Waals surface area contributed by atoms with E-state index in [0.717, 1.165) is 5.56 Å². The number of nitrogens with zero attached hydrogens (tertiary/aromatic N) is 2. The lowest BCUT2D eigenvalue weighted by atomic mass is 10.1. The molecule has 0 atom stereocenters. The summed E-state index contributed by atoms with van der Waals surface area (Å²) in [4.78, 5) is 23.9. The Labute approximate surface area is 193 Å². The molecule has 1 amide bonds. The number of carbonyl (C=O) groups is 2. The Balaban J connectivity index is 1.35. The van der Waals surface area contributed by atoms with Gasteiger partial charge in [-0.2, -0.15) is 5.10 Å². The topological polar surface area (TPSA) is 86.4 Å². The monoisotopic (exact) mass is 467 g/mol. The quantitative estimate of drug-likeness (QED) is 0.353. The fourth-order valence-corrected chi connectivity index (χ4v) is 3.22. The first-order valence-corrected chi connectivity index (χ1v) is 10.4. The normalized spacial score (nSPS) is 10.8. The van der Waals surface area contributed by atoms with Crippen LogP contribution < -0.4 is 10.1 Å². The first kappa shape index (κ1) is 22.3. The molecule has 0 unspecified atom stereocenters. The number of furan rings is 1. The number of benzene rings is 2. The largest absolute Gasteiger partial charge is 0.486 e. The van der Waals surface area contributed by atoms with E-state index >= 15 is 0 Å². The van der Waals surface area contributed by atoms with E-state index in [1.165, 1.54) is 25.1 Å². The highest BCUT2D eigenvalue weighted by molar-refractivity contribution is 6.33. The van der Waals surface area contributed by atoms with E-state index in [4.69, 9.17) is 20.8 Å². The number of ketones is 1. The number of hydrogen-bond acceptors (Lipinski definition) is 5. The third kappa shape index (κ3) is 5.67. The molecule has 0 bridgehead atoms. The van der Waals surface area contributed by atoms with Crippen molar-refractivity contribution in [1.29, 1.82) is 0 Å². The lowest BCUT2D eigenvalue weighted by Crippen LogP contribution is -2.12. The number of halogens is 2. The average molecular weight is 468 g/mol. The highest BCUT2D eigenvalue weighted by Crippen LogP contribution is 2.22. The van der Waals surface area contributed by atoms with E-state index in [2.05, 4.69) is 10.4 Å². The molecule has 2 aromatic carbocycles. The average Bonchev–Trinajstić information content (AvgIpc) is 3.41. The van der Waals surface area contributed by atoms with E-state index in [-0.39, 0.29) is 34.8 Å². The zero-order valence-electron chi connectivity index (χ0n) is 17.5. The Bertz CT molecular complexity index is 1280. The van der Waals surface area contributed by atoms with Crippen molar-refractivity contribution >= 4 is 29.1 Å². The van der Waals surface area contributed by atoms with Gasteiger partial charge in [0, 0.05) is 11.8 Å². The van der Waals surface area contributed by atoms with Crippen LogP contribution in [0.4, 0.5) is 10.2 Å². The smallest absolute Gasteiger partial charge is 0.292 e. The van der Waals surface area contributed by atoms with Crippen LogP contribution in [0.2, 0.25) is 5.02 Å². The molecule has 0 fully saturated rings. The molecule has 7 nitrogen and oxygen atoms in total. The predicted octanol–water partition coefficient (Wildman–Crippen LogP) is 5.35. The molecule has 0 saturated heterocycles. The fraction of sp³-hybridized carbons (Fsp3) is 0.125. The minimum Gasteiger partial charge on any atom is -0.486 e. The van der Waals surface area contributed by atoms with Crippen molar-refractivity contribution in [1.82, 2.24) is 9.78 Å². The number of aromatic nitrogens is 2. The van der Waals surface area contributed by atoms with E-state index in [1.807, 2.05) is 0 Å². The first-order chi connectivity index (χ1) is 15.9. The zero-order valence-corrected chi connectivity index (χ0v) is 18.3. The van der Waals surface area contributed by atoms with Crippen LogP contribution in [-0.2, 0) is 13.2 Å². The number of ether oxygens (including phenoxy) is 1. The Kier molecular flexibility index (Phi) is 6.55.